The smallest absolute Gasteiger partial charge is 0.0465 e. The molecule has 2 heteroatoms. The number of allylic oxidation sites excluding steroid dienone is 2. The molecule has 0 amide bonds. The van der Waals surface area contributed by atoms with Gasteiger partial charge in [0.05, 0.1) is 0 Å². The first-order valence-electron chi connectivity index (χ1n) is 6.09. The lowest BCUT2D eigenvalue weighted by Crippen LogP contribution is -2.32. The van der Waals surface area contributed by atoms with E-state index in [0.29, 0.717) is 0 Å². The van der Waals surface area contributed by atoms with Crippen LogP contribution in [-0.2, 0) is 4.74 Å². The summed E-state index contributed by atoms with van der Waals surface area (Å²) in [7, 11) is 1.75. The molecule has 2 nitrogen and oxygen atoms in total. The van der Waals surface area contributed by atoms with Crippen molar-refractivity contribution >= 4 is 0 Å². The summed E-state index contributed by atoms with van der Waals surface area (Å²) in [5.74, 6) is 0. The average molecular weight is 225 g/mol. The zero-order valence-corrected chi connectivity index (χ0v) is 11.1. The number of rotatable bonds is 9. The van der Waals surface area contributed by atoms with E-state index in [0.717, 1.165) is 38.7 Å². The highest BCUT2D eigenvalue weighted by Crippen LogP contribution is 2.13. The molecule has 0 unspecified atom stereocenters. The molecule has 0 rings (SSSR count). The number of hydrogen-bond donors (Lipinski definition) is 1. The van der Waals surface area contributed by atoms with Gasteiger partial charge in [-0.3, -0.25) is 0 Å². The Bertz CT molecular complexity index is 219. The van der Waals surface area contributed by atoms with Crippen molar-refractivity contribution in [3.05, 3.63) is 24.3 Å². The van der Waals surface area contributed by atoms with Crippen molar-refractivity contribution < 1.29 is 4.74 Å². The third kappa shape index (κ3) is 8.69. The molecule has 0 aliphatic heterocycles. The molecule has 0 aromatic carbocycles. The highest BCUT2D eigenvalue weighted by atomic mass is 16.5. The van der Waals surface area contributed by atoms with Crippen molar-refractivity contribution in [2.24, 2.45) is 5.73 Å². The highest BCUT2D eigenvalue weighted by Gasteiger charge is 2.11. The maximum atomic E-state index is 5.98. The molecule has 2 N–H and O–H groups in total. The fourth-order valence-electron chi connectivity index (χ4n) is 1.53. The molecule has 94 valence electrons. The highest BCUT2D eigenvalue weighted by molar-refractivity contribution is 5.00. The molecular weight excluding hydrogens is 198 g/mol. The van der Waals surface area contributed by atoms with E-state index in [2.05, 4.69) is 19.6 Å². The Labute approximate surface area is 101 Å². The van der Waals surface area contributed by atoms with Crippen LogP contribution in [-0.4, -0.2) is 19.3 Å². The average Bonchev–Trinajstić information content (AvgIpc) is 2.25. The van der Waals surface area contributed by atoms with Crippen LogP contribution in [0.1, 0.15) is 46.0 Å². The van der Waals surface area contributed by atoms with Gasteiger partial charge in [-0.2, -0.15) is 0 Å². The normalized spacial score (nSPS) is 15.9. The van der Waals surface area contributed by atoms with Crippen LogP contribution in [0.25, 0.3) is 0 Å². The van der Waals surface area contributed by atoms with Crippen molar-refractivity contribution in [3.63, 3.8) is 0 Å². The lowest BCUT2D eigenvalue weighted by molar-refractivity contribution is 0.195. The Balaban J connectivity index is 3.62. The lowest BCUT2D eigenvalue weighted by atomic mass is 9.96. The van der Waals surface area contributed by atoms with Gasteiger partial charge < -0.3 is 10.5 Å². The fraction of sp³-hybridized carbons (Fsp3) is 0.714. The largest absolute Gasteiger partial charge is 0.385 e. The van der Waals surface area contributed by atoms with Gasteiger partial charge in [0.25, 0.3) is 0 Å². The summed E-state index contributed by atoms with van der Waals surface area (Å²) in [6.07, 6.45) is 9.63. The standard InChI is InChI=1S/C14H27NO/c1-5-14(3,15)11-7-6-9-13(2)10-8-12-16-4/h5,9H,1,6-8,10-12,15H2,2-4H3/b13-9+/t14-/m1/s1. The van der Waals surface area contributed by atoms with Gasteiger partial charge in [-0.25, -0.2) is 0 Å². The summed E-state index contributed by atoms with van der Waals surface area (Å²) in [5.41, 5.74) is 7.22. The van der Waals surface area contributed by atoms with Crippen LogP contribution in [0.3, 0.4) is 0 Å². The fourth-order valence-corrected chi connectivity index (χ4v) is 1.53. The molecular formula is C14H27NO. The Kier molecular flexibility index (Phi) is 8.22. The molecule has 0 spiro atoms. The van der Waals surface area contributed by atoms with Crippen molar-refractivity contribution in [3.8, 4) is 0 Å². The zero-order valence-electron chi connectivity index (χ0n) is 11.1. The molecule has 1 atom stereocenters. The molecule has 0 aliphatic carbocycles. The first-order chi connectivity index (χ1) is 7.52. The molecule has 0 radical (unpaired) electrons. The van der Waals surface area contributed by atoms with Crippen molar-refractivity contribution in [2.75, 3.05) is 13.7 Å². The van der Waals surface area contributed by atoms with E-state index < -0.39 is 0 Å². The van der Waals surface area contributed by atoms with Gasteiger partial charge >= 0.3 is 0 Å². The van der Waals surface area contributed by atoms with Crippen molar-refractivity contribution in [1.82, 2.24) is 0 Å². The summed E-state index contributed by atoms with van der Waals surface area (Å²) in [5, 5.41) is 0. The van der Waals surface area contributed by atoms with Crippen LogP contribution in [0.15, 0.2) is 24.3 Å². The number of unbranched alkanes of at least 4 members (excludes halogenated alkanes) is 1. The van der Waals surface area contributed by atoms with Gasteiger partial charge in [-0.05, 0) is 46.0 Å². The Morgan fingerprint density at radius 1 is 1.44 bits per heavy atom. The first-order valence-corrected chi connectivity index (χ1v) is 6.09. The van der Waals surface area contributed by atoms with E-state index in [9.17, 15) is 0 Å². The number of methoxy groups -OCH3 is 1. The topological polar surface area (TPSA) is 35.2 Å². The van der Waals surface area contributed by atoms with Crippen LogP contribution >= 0.6 is 0 Å². The Hall–Kier alpha value is -0.600. The predicted molar refractivity (Wildman–Crippen MR) is 71.5 cm³/mol. The third-order valence-corrected chi connectivity index (χ3v) is 2.80. The minimum Gasteiger partial charge on any atom is -0.385 e. The van der Waals surface area contributed by atoms with Crippen LogP contribution in [0.2, 0.25) is 0 Å². The Morgan fingerprint density at radius 3 is 2.69 bits per heavy atom. The van der Waals surface area contributed by atoms with Gasteiger partial charge in [0.15, 0.2) is 0 Å². The second-order valence-electron chi connectivity index (χ2n) is 4.75. The summed E-state index contributed by atoms with van der Waals surface area (Å²) < 4.78 is 5.02. The second kappa shape index (κ2) is 8.54. The van der Waals surface area contributed by atoms with Crippen molar-refractivity contribution in [1.29, 1.82) is 0 Å². The van der Waals surface area contributed by atoms with E-state index in [1.54, 1.807) is 7.11 Å². The predicted octanol–water partition coefficient (Wildman–Crippen LogP) is 3.43. The molecule has 0 fully saturated rings. The third-order valence-electron chi connectivity index (χ3n) is 2.80. The number of hydrogen-bond acceptors (Lipinski definition) is 2. The van der Waals surface area contributed by atoms with E-state index >= 15 is 0 Å². The maximum Gasteiger partial charge on any atom is 0.0465 e. The monoisotopic (exact) mass is 225 g/mol. The van der Waals surface area contributed by atoms with Crippen LogP contribution < -0.4 is 5.73 Å². The Morgan fingerprint density at radius 2 is 2.12 bits per heavy atom. The SMILES string of the molecule is C=C[C@@](C)(N)CCC/C=C(\C)CCCOC. The van der Waals surface area contributed by atoms with Gasteiger partial charge in [-0.1, -0.05) is 17.7 Å². The molecule has 0 aliphatic rings. The van der Waals surface area contributed by atoms with E-state index in [1.165, 1.54) is 5.57 Å². The summed E-state index contributed by atoms with van der Waals surface area (Å²) in [6, 6.07) is 0. The van der Waals surface area contributed by atoms with Crippen LogP contribution in [0, 0.1) is 0 Å². The van der Waals surface area contributed by atoms with Crippen LogP contribution in [0.4, 0.5) is 0 Å². The zero-order chi connectivity index (χ0) is 12.4. The van der Waals surface area contributed by atoms with E-state index in [1.807, 2.05) is 13.0 Å². The molecule has 0 saturated carbocycles. The molecule has 0 saturated heterocycles. The number of nitrogens with two attached hydrogens (primary N) is 1. The van der Waals surface area contributed by atoms with Gasteiger partial charge in [0.2, 0.25) is 0 Å². The molecule has 16 heavy (non-hydrogen) atoms. The van der Waals surface area contributed by atoms with Crippen molar-refractivity contribution in [2.45, 2.75) is 51.5 Å². The number of ether oxygens (including phenoxy) is 1. The molecule has 0 aromatic rings. The first kappa shape index (κ1) is 15.4. The molecule has 0 heterocycles. The van der Waals surface area contributed by atoms with Gasteiger partial charge in [-0.15, -0.1) is 6.58 Å². The maximum absolute atomic E-state index is 5.98. The van der Waals surface area contributed by atoms with Gasteiger partial charge in [0.1, 0.15) is 0 Å². The summed E-state index contributed by atoms with van der Waals surface area (Å²) in [6.45, 7) is 8.80. The second-order valence-corrected chi connectivity index (χ2v) is 4.75. The lowest BCUT2D eigenvalue weighted by Gasteiger charge is -2.18. The van der Waals surface area contributed by atoms with E-state index in [-0.39, 0.29) is 5.54 Å². The minimum absolute atomic E-state index is 0.211. The summed E-state index contributed by atoms with van der Waals surface area (Å²) >= 11 is 0. The van der Waals surface area contributed by atoms with Gasteiger partial charge in [0, 0.05) is 19.3 Å². The quantitative estimate of drug-likeness (QED) is 0.482. The van der Waals surface area contributed by atoms with E-state index in [4.69, 9.17) is 10.5 Å². The minimum atomic E-state index is -0.211. The van der Waals surface area contributed by atoms with Crippen LogP contribution in [0.5, 0.6) is 0 Å². The molecule has 0 bridgehead atoms. The summed E-state index contributed by atoms with van der Waals surface area (Å²) in [4.78, 5) is 0. The molecule has 0 aromatic heterocycles.